The number of carbonyl (C=O) groups is 2. The molecule has 1 N–H and O–H groups in total. The van der Waals surface area contributed by atoms with Crippen molar-refractivity contribution >= 4 is 23.0 Å². The molecule has 1 heterocycles. The van der Waals surface area contributed by atoms with E-state index >= 15 is 0 Å². The summed E-state index contributed by atoms with van der Waals surface area (Å²) in [6.45, 7) is 5.15. The van der Waals surface area contributed by atoms with E-state index in [1.165, 1.54) is 7.11 Å². The number of alkyl halides is 2. The van der Waals surface area contributed by atoms with E-state index in [1.807, 2.05) is 0 Å². The van der Waals surface area contributed by atoms with Gasteiger partial charge in [0.15, 0.2) is 11.4 Å². The zero-order chi connectivity index (χ0) is 22.8. The molecule has 1 aliphatic rings. The molecule has 1 fully saturated rings. The van der Waals surface area contributed by atoms with Crippen LogP contribution in [0.2, 0.25) is 0 Å². The molecule has 0 radical (unpaired) electrons. The summed E-state index contributed by atoms with van der Waals surface area (Å²) in [4.78, 5) is 29.0. The third-order valence-corrected chi connectivity index (χ3v) is 5.17. The molecule has 170 valence electrons. The highest BCUT2D eigenvalue weighted by molar-refractivity contribution is 5.99. The molecule has 9 heteroatoms. The molecule has 0 saturated heterocycles. The van der Waals surface area contributed by atoms with Crippen LogP contribution in [0.3, 0.4) is 0 Å². The van der Waals surface area contributed by atoms with Crippen molar-refractivity contribution in [1.29, 1.82) is 0 Å². The Morgan fingerprint density at radius 1 is 1.29 bits per heavy atom. The Labute approximate surface area is 179 Å². The van der Waals surface area contributed by atoms with E-state index in [4.69, 9.17) is 13.9 Å². The fraction of sp³-hybridized carbons (Fsp3) is 0.591. The zero-order valence-corrected chi connectivity index (χ0v) is 18.2. The van der Waals surface area contributed by atoms with Crippen LogP contribution in [0.5, 0.6) is 0 Å². The topological polar surface area (TPSA) is 90.7 Å². The van der Waals surface area contributed by atoms with Crippen LogP contribution in [0, 0.1) is 5.92 Å². The fourth-order valence-corrected chi connectivity index (χ4v) is 3.68. The number of hydrogen-bond acceptors (Lipinski definition) is 6. The summed E-state index contributed by atoms with van der Waals surface area (Å²) in [6.07, 6.45) is -0.777. The van der Waals surface area contributed by atoms with Crippen molar-refractivity contribution in [3.8, 4) is 0 Å². The number of amides is 1. The first kappa shape index (κ1) is 23.1. The number of carbonyl (C=O) groups excluding carboxylic acids is 2. The van der Waals surface area contributed by atoms with Gasteiger partial charge in [-0.1, -0.05) is 0 Å². The monoisotopic (exact) mass is 438 g/mol. The molecule has 31 heavy (non-hydrogen) atoms. The lowest BCUT2D eigenvalue weighted by Crippen LogP contribution is -2.40. The Hall–Kier alpha value is -2.55. The molecule has 2 aromatic rings. The van der Waals surface area contributed by atoms with Crippen LogP contribution in [0.1, 0.15) is 68.7 Å². The predicted molar refractivity (Wildman–Crippen MR) is 109 cm³/mol. The Kier molecular flexibility index (Phi) is 6.64. The molecule has 3 rings (SSSR count). The first-order chi connectivity index (χ1) is 14.5. The maximum absolute atomic E-state index is 13.7. The zero-order valence-electron chi connectivity index (χ0n) is 18.2. The highest BCUT2D eigenvalue weighted by Gasteiger charge is 2.40. The van der Waals surface area contributed by atoms with Gasteiger partial charge in [0.1, 0.15) is 23.8 Å². The fourth-order valence-electron chi connectivity index (χ4n) is 3.68. The van der Waals surface area contributed by atoms with Crippen LogP contribution in [-0.4, -0.2) is 42.1 Å². The molecular weight excluding hydrogens is 410 g/mol. The smallest absolute Gasteiger partial charge is 0.408 e. The molecule has 0 aliphatic heterocycles. The van der Waals surface area contributed by atoms with Crippen molar-refractivity contribution in [3.05, 3.63) is 29.7 Å². The van der Waals surface area contributed by atoms with Gasteiger partial charge in [0.2, 0.25) is 11.8 Å². The molecule has 7 nitrogen and oxygen atoms in total. The molecule has 1 aromatic heterocycles. The van der Waals surface area contributed by atoms with Crippen molar-refractivity contribution in [2.45, 2.75) is 64.0 Å². The van der Waals surface area contributed by atoms with Gasteiger partial charge < -0.3 is 19.2 Å². The molecule has 1 aliphatic carbocycles. The van der Waals surface area contributed by atoms with Crippen LogP contribution in [0.15, 0.2) is 22.6 Å². The van der Waals surface area contributed by atoms with Crippen LogP contribution in [0.25, 0.3) is 11.1 Å². The largest absolute Gasteiger partial charge is 0.444 e. The number of Topliss-reactive ketones (excluding diaryl/α,β-unsaturated/α-hetero) is 1. The summed E-state index contributed by atoms with van der Waals surface area (Å²) in [6, 6.07) is 4.09. The molecular formula is C22H28F2N2O5. The van der Waals surface area contributed by atoms with Crippen molar-refractivity contribution in [2.24, 2.45) is 5.92 Å². The first-order valence-corrected chi connectivity index (χ1v) is 10.3. The average Bonchev–Trinajstić information content (AvgIpc) is 3.08. The highest BCUT2D eigenvalue weighted by atomic mass is 19.3. The second-order valence-corrected chi connectivity index (χ2v) is 8.91. The van der Waals surface area contributed by atoms with Crippen molar-refractivity contribution in [3.63, 3.8) is 0 Å². The maximum atomic E-state index is 13.7. The summed E-state index contributed by atoms with van der Waals surface area (Å²) >= 11 is 0. The third-order valence-electron chi connectivity index (χ3n) is 5.17. The molecule has 1 saturated carbocycles. The molecule has 0 unspecified atom stereocenters. The number of fused-ring (bicyclic) bond motifs is 1. The minimum atomic E-state index is -2.70. The van der Waals surface area contributed by atoms with Gasteiger partial charge in [-0.15, -0.1) is 0 Å². The van der Waals surface area contributed by atoms with Crippen molar-refractivity contribution in [2.75, 3.05) is 13.7 Å². The van der Waals surface area contributed by atoms with Crippen LogP contribution in [-0.2, 0) is 9.47 Å². The summed E-state index contributed by atoms with van der Waals surface area (Å²) < 4.78 is 43.4. The van der Waals surface area contributed by atoms with E-state index in [-0.39, 0.29) is 49.9 Å². The van der Waals surface area contributed by atoms with Gasteiger partial charge >= 0.3 is 6.09 Å². The van der Waals surface area contributed by atoms with E-state index in [0.717, 1.165) is 0 Å². The first-order valence-electron chi connectivity index (χ1n) is 10.3. The Morgan fingerprint density at radius 3 is 2.58 bits per heavy atom. The number of benzene rings is 1. The van der Waals surface area contributed by atoms with E-state index in [1.54, 1.807) is 39.0 Å². The molecule has 0 bridgehead atoms. The highest BCUT2D eigenvalue weighted by Crippen LogP contribution is 2.41. The lowest BCUT2D eigenvalue weighted by Gasteiger charge is -2.33. The number of alkyl carbamates (subject to hydrolysis) is 1. The predicted octanol–water partition coefficient (Wildman–Crippen LogP) is 5.05. The van der Waals surface area contributed by atoms with Crippen LogP contribution in [0.4, 0.5) is 13.6 Å². The lowest BCUT2D eigenvalue weighted by molar-refractivity contribution is -0.0509. The molecule has 1 amide bonds. The number of hydrogen-bond donors (Lipinski definition) is 1. The van der Waals surface area contributed by atoms with E-state index in [9.17, 15) is 18.4 Å². The van der Waals surface area contributed by atoms with E-state index < -0.39 is 23.7 Å². The van der Waals surface area contributed by atoms with Crippen molar-refractivity contribution in [1.82, 2.24) is 10.3 Å². The van der Waals surface area contributed by atoms with Gasteiger partial charge in [-0.05, 0) is 57.7 Å². The number of halogens is 2. The number of oxazole rings is 1. The number of aromatic nitrogens is 1. The number of nitrogens with one attached hydrogen (secondary N) is 1. The van der Waals surface area contributed by atoms with Gasteiger partial charge in [0.05, 0.1) is 0 Å². The number of ether oxygens (including phenoxy) is 2. The number of rotatable bonds is 6. The van der Waals surface area contributed by atoms with Gasteiger partial charge in [-0.2, -0.15) is 0 Å². The summed E-state index contributed by atoms with van der Waals surface area (Å²) in [5.41, 5.74) is 0.574. The SMILES string of the molecule is COCC(=O)c1ccc2oc([C@@H](NC(=O)OC(C)(C)C)C3CCC(F)(F)CC3)nc2c1. The third kappa shape index (κ3) is 6.00. The maximum Gasteiger partial charge on any atom is 0.408 e. The lowest BCUT2D eigenvalue weighted by atomic mass is 9.82. The second-order valence-electron chi connectivity index (χ2n) is 8.91. The van der Waals surface area contributed by atoms with Gasteiger partial charge in [-0.25, -0.2) is 18.6 Å². The normalized spacial score (nSPS) is 18.0. The Bertz CT molecular complexity index is 941. The van der Waals surface area contributed by atoms with Gasteiger partial charge in [-0.3, -0.25) is 4.79 Å². The number of ketones is 1. The van der Waals surface area contributed by atoms with E-state index in [0.29, 0.717) is 16.7 Å². The van der Waals surface area contributed by atoms with Crippen LogP contribution >= 0.6 is 0 Å². The summed E-state index contributed by atoms with van der Waals surface area (Å²) in [5, 5.41) is 2.76. The van der Waals surface area contributed by atoms with Gasteiger partial charge in [0, 0.05) is 25.5 Å². The van der Waals surface area contributed by atoms with Crippen molar-refractivity contribution < 1.29 is 32.3 Å². The number of nitrogens with zero attached hydrogens (tertiary/aromatic N) is 1. The average molecular weight is 438 g/mol. The molecule has 1 aromatic carbocycles. The molecule has 1 atom stereocenters. The summed E-state index contributed by atoms with van der Waals surface area (Å²) in [5.74, 6) is -2.99. The second kappa shape index (κ2) is 8.90. The Morgan fingerprint density at radius 2 is 1.97 bits per heavy atom. The minimum Gasteiger partial charge on any atom is -0.444 e. The quantitative estimate of drug-likeness (QED) is 0.635. The van der Waals surface area contributed by atoms with E-state index in [2.05, 4.69) is 10.3 Å². The standard InChI is InChI=1S/C22H28F2N2O5/c1-21(2,3)31-20(28)26-18(13-7-9-22(23,24)10-8-13)19-25-15-11-14(16(27)12-29-4)5-6-17(15)30-19/h5-6,11,13,18H,7-10,12H2,1-4H3,(H,26,28)/t18-/m0/s1. The molecule has 0 spiro atoms. The summed E-state index contributed by atoms with van der Waals surface area (Å²) in [7, 11) is 1.44. The van der Waals surface area contributed by atoms with Gasteiger partial charge in [0.25, 0.3) is 0 Å². The van der Waals surface area contributed by atoms with Crippen LogP contribution < -0.4 is 5.32 Å². The minimum absolute atomic E-state index is 0.0602. The number of methoxy groups -OCH3 is 1. The Balaban J connectivity index is 1.89.